The molecular weight excluding hydrogens is 1110 g/mol. The van der Waals surface area contributed by atoms with E-state index in [0.717, 1.165) is 32.7 Å². The van der Waals surface area contributed by atoms with Crippen LogP contribution in [0.5, 0.6) is 17.2 Å². The van der Waals surface area contributed by atoms with Gasteiger partial charge in [0, 0.05) is 34.7 Å². The van der Waals surface area contributed by atoms with E-state index in [1.165, 1.54) is 132 Å². The Morgan fingerprint density at radius 1 is 0.211 bits per heavy atom. The molecule has 0 bridgehead atoms. The molecule has 0 aliphatic heterocycles. The molecule has 17 aromatic rings. The fourth-order valence-electron chi connectivity index (χ4n) is 14.4. The molecule has 0 unspecified atom stereocenters. The predicted molar refractivity (Wildman–Crippen MR) is 371 cm³/mol. The number of fused-ring (bicyclic) bond motifs is 11. The molecule has 19 rings (SSSR count). The minimum absolute atomic E-state index is 0.608. The van der Waals surface area contributed by atoms with Crippen LogP contribution in [0.2, 0.25) is 0 Å². The highest BCUT2D eigenvalue weighted by Gasteiger charge is 2.46. The van der Waals surface area contributed by atoms with E-state index < -0.39 is 15.1 Å². The number of rotatable bonds is 10. The highest BCUT2D eigenvalue weighted by molar-refractivity contribution is 6.42. The molecule has 90 heavy (non-hydrogen) atoms. The number of hydrogen-bond donors (Lipinski definition) is 0. The fourth-order valence-corrected chi connectivity index (χ4v) is 15.7. The van der Waals surface area contributed by atoms with Crippen molar-refractivity contribution in [2.24, 2.45) is 0 Å². The van der Waals surface area contributed by atoms with E-state index in [2.05, 4.69) is 209 Å². The van der Waals surface area contributed by atoms with Crippen LogP contribution in [0.3, 0.4) is 0 Å². The third kappa shape index (κ3) is 8.29. The molecule has 3 heterocycles. The largest absolute Gasteiger partial charge is 1.20 e. The highest BCUT2D eigenvalue weighted by atomic mass is 27.3. The number of nitrogens with zero attached hydrogens (tertiary/aromatic N) is 3. The number of pyridine rings is 3. The maximum absolute atomic E-state index is 6.41. The van der Waals surface area contributed by atoms with Crippen molar-refractivity contribution in [2.45, 2.75) is 0 Å². The van der Waals surface area contributed by atoms with Gasteiger partial charge in [-0.15, -0.1) is 0 Å². The maximum atomic E-state index is 6.41. The van der Waals surface area contributed by atoms with Gasteiger partial charge in [-0.1, -0.05) is 249 Å². The topological polar surface area (TPSA) is 66.4 Å². The smallest absolute Gasteiger partial charge is 0.576 e. The van der Waals surface area contributed by atoms with Gasteiger partial charge < -0.3 is 11.4 Å². The van der Waals surface area contributed by atoms with Crippen molar-refractivity contribution in [1.29, 1.82) is 0 Å². The van der Waals surface area contributed by atoms with Gasteiger partial charge >= 0.3 is 15.1 Å². The van der Waals surface area contributed by atoms with Gasteiger partial charge in [-0.3, -0.25) is 15.0 Å². The lowest BCUT2D eigenvalue weighted by atomic mass is 9.86. The first-order valence-corrected chi connectivity index (χ1v) is 31.9. The first-order valence-electron chi connectivity index (χ1n) is 30.5. The predicted octanol–water partition coefficient (Wildman–Crippen LogP) is 21.6. The van der Waals surface area contributed by atoms with E-state index in [-0.39, 0.29) is 0 Å². The van der Waals surface area contributed by atoms with Crippen LogP contribution in [-0.4, -0.2) is 30.1 Å². The maximum Gasteiger partial charge on any atom is 1.20 e. The number of hydrogen-bond acceptors (Lipinski definition) is 6. The lowest BCUT2D eigenvalue weighted by Gasteiger charge is -2.18. The molecule has 0 amide bonds. The molecule has 2 aliphatic rings. The van der Waals surface area contributed by atoms with Crippen molar-refractivity contribution >= 4 is 90.9 Å². The van der Waals surface area contributed by atoms with Crippen LogP contribution in [0.4, 0.5) is 0 Å². The second-order valence-corrected chi connectivity index (χ2v) is 24.3. The van der Waals surface area contributed by atoms with Gasteiger partial charge in [0.15, 0.2) is 0 Å². The van der Waals surface area contributed by atoms with Gasteiger partial charge in [0.25, 0.3) is 0 Å². The molecule has 0 fully saturated rings. The summed E-state index contributed by atoms with van der Waals surface area (Å²) in [4.78, 5) is 13.5. The van der Waals surface area contributed by atoms with E-state index in [0.29, 0.717) is 17.2 Å². The lowest BCUT2D eigenvalue weighted by Crippen LogP contribution is -2.37. The molecule has 0 atom stereocenters. The monoisotopic (exact) mass is 1160 g/mol. The van der Waals surface area contributed by atoms with Crippen molar-refractivity contribution in [1.82, 2.24) is 15.0 Å². The molecular formula is C83H50AlN3O3. The summed E-state index contributed by atoms with van der Waals surface area (Å²) in [6.07, 6.45) is 5.24. The molecule has 3 aromatic heterocycles. The zero-order valence-electron chi connectivity index (χ0n) is 48.5. The molecule has 2 aliphatic carbocycles. The Morgan fingerprint density at radius 3 is 0.744 bits per heavy atom. The summed E-state index contributed by atoms with van der Waals surface area (Å²) >= 11 is -2.86. The fraction of sp³-hybridized carbons (Fsp3) is 0. The molecule has 0 spiro atoms. The van der Waals surface area contributed by atoms with Gasteiger partial charge in [0.05, 0.1) is 0 Å². The van der Waals surface area contributed by atoms with Gasteiger partial charge in [0.1, 0.15) is 33.8 Å². The Hall–Kier alpha value is -11.5. The minimum atomic E-state index is -2.86. The van der Waals surface area contributed by atoms with Crippen molar-refractivity contribution < 1.29 is 11.4 Å². The molecule has 418 valence electrons. The summed E-state index contributed by atoms with van der Waals surface area (Å²) in [6, 6.07) is 102. The molecule has 0 N–H and O–H groups in total. The SMILES string of the molecule is c1ccc(-c2ccc(-c3ccccc3)c3c2-c2ccc4c5ccc6c7c(ccc(c8ccc-3c2c48)c75)-c2c(-c3ccccc3)ccc(-c3ccccc3)c2-6)cc1.c1cnc2c([O][Al]([O]c3cccc4cccnc34)[O]c3cccc4cccnc34)cccc2c1. The molecule has 0 saturated carbocycles. The highest BCUT2D eigenvalue weighted by Crippen LogP contribution is 2.60. The third-order valence-electron chi connectivity index (χ3n) is 18.2. The van der Waals surface area contributed by atoms with E-state index >= 15 is 0 Å². The molecule has 7 heteroatoms. The van der Waals surface area contributed by atoms with Crippen molar-refractivity contribution in [3.05, 3.63) is 304 Å². The normalized spacial score (nSPS) is 11.8. The second-order valence-electron chi connectivity index (χ2n) is 23.1. The molecule has 0 radical (unpaired) electrons. The van der Waals surface area contributed by atoms with E-state index in [9.17, 15) is 0 Å². The molecule has 0 saturated heterocycles. The van der Waals surface area contributed by atoms with Crippen LogP contribution in [0.25, 0.3) is 165 Å². The average Bonchev–Trinajstić information content (AvgIpc) is 1.48. The Morgan fingerprint density at radius 2 is 0.467 bits per heavy atom. The van der Waals surface area contributed by atoms with Crippen LogP contribution in [0, 0.1) is 0 Å². The first kappa shape index (κ1) is 51.7. The number of benzene rings is 14. The quantitative estimate of drug-likeness (QED) is 0.0772. The van der Waals surface area contributed by atoms with Crippen molar-refractivity contribution in [3.63, 3.8) is 0 Å². The minimum Gasteiger partial charge on any atom is -0.576 e. The first-order chi connectivity index (χ1) is 44.7. The zero-order chi connectivity index (χ0) is 59.2. The average molecular weight is 1160 g/mol. The number of aromatic nitrogens is 3. The van der Waals surface area contributed by atoms with Crippen molar-refractivity contribution in [2.75, 3.05) is 0 Å². The summed E-state index contributed by atoms with van der Waals surface area (Å²) < 4.78 is 19.2. The lowest BCUT2D eigenvalue weighted by molar-refractivity contribution is 0.311. The van der Waals surface area contributed by atoms with Crippen molar-refractivity contribution in [3.8, 4) is 106 Å². The number of para-hydroxylation sites is 3. The Kier molecular flexibility index (Phi) is 12.2. The Bertz CT molecular complexity index is 5050. The van der Waals surface area contributed by atoms with E-state index in [4.69, 9.17) is 11.4 Å². The summed E-state index contributed by atoms with van der Waals surface area (Å²) in [5, 5.41) is 13.7. The summed E-state index contributed by atoms with van der Waals surface area (Å²) in [6.45, 7) is 0. The van der Waals surface area contributed by atoms with Crippen LogP contribution >= 0.6 is 0 Å². The standard InChI is InChI=1S/C56H32.3C9H7NO.Al/c1-5-13-33(14-6-1)37-21-22-38(34-15-7-2-8-16-34)50-46-30-26-42-44-28-32-48-52-40(36-19-11-4-12-20-36)24-23-39(35-17-9-3-10-18-35)51(52)47-31-27-43(54(44)56(47)48)41-25-29-45(49(37)50)55(46)53(41)42;3*11-8-5-1-3-7-4-2-6-10-9(7)8;/h1-32H;3*1-6,11H;/q;;;;+3/p-3. The van der Waals surface area contributed by atoms with E-state index in [1.54, 1.807) is 18.6 Å². The second kappa shape index (κ2) is 21.2. The zero-order valence-corrected chi connectivity index (χ0v) is 49.7. The third-order valence-corrected chi connectivity index (χ3v) is 19.5. The molecule has 6 nitrogen and oxygen atoms in total. The summed E-state index contributed by atoms with van der Waals surface area (Å²) in [7, 11) is 0. The van der Waals surface area contributed by atoms with E-state index in [1.807, 2.05) is 91.0 Å². The van der Waals surface area contributed by atoms with Crippen LogP contribution in [0.1, 0.15) is 0 Å². The van der Waals surface area contributed by atoms with Crippen LogP contribution in [0.15, 0.2) is 304 Å². The summed E-state index contributed by atoms with van der Waals surface area (Å²) in [5.74, 6) is 1.82. The van der Waals surface area contributed by atoms with Gasteiger partial charge in [-0.2, -0.15) is 0 Å². The van der Waals surface area contributed by atoms with Gasteiger partial charge in [-0.05, 0) is 169 Å². The Labute approximate surface area is 523 Å². The van der Waals surface area contributed by atoms with Crippen LogP contribution < -0.4 is 11.4 Å². The summed E-state index contributed by atoms with van der Waals surface area (Å²) in [5.41, 5.74) is 23.1. The van der Waals surface area contributed by atoms with Gasteiger partial charge in [-0.25, -0.2) is 0 Å². The van der Waals surface area contributed by atoms with Gasteiger partial charge in [0.2, 0.25) is 0 Å². The molecule has 14 aromatic carbocycles. The Balaban J connectivity index is 0.000000152. The van der Waals surface area contributed by atoms with Crippen LogP contribution in [-0.2, 0) is 0 Å².